The molecule has 0 aliphatic carbocycles. The quantitative estimate of drug-likeness (QED) is 0.214. The van der Waals surface area contributed by atoms with Crippen molar-refractivity contribution in [2.24, 2.45) is 0 Å². The van der Waals surface area contributed by atoms with E-state index in [1.165, 1.54) is 17.4 Å². The predicted octanol–water partition coefficient (Wildman–Crippen LogP) is 6.12. The summed E-state index contributed by atoms with van der Waals surface area (Å²) in [4.78, 5) is 17.9. The maximum absolute atomic E-state index is 12.6. The van der Waals surface area contributed by atoms with Crippen LogP contribution in [-0.4, -0.2) is 24.6 Å². The molecule has 170 valence electrons. The highest BCUT2D eigenvalue weighted by atomic mass is 35.5. The van der Waals surface area contributed by atoms with Crippen molar-refractivity contribution >= 4 is 40.1 Å². The number of hydrogen-bond acceptors (Lipinski definition) is 6. The minimum absolute atomic E-state index is 0.0360. The van der Waals surface area contributed by atoms with Gasteiger partial charge in [-0.1, -0.05) is 43.1 Å². The van der Waals surface area contributed by atoms with Gasteiger partial charge in [0.05, 0.1) is 13.7 Å². The number of halogens is 1. The third-order valence-electron chi connectivity index (χ3n) is 4.68. The van der Waals surface area contributed by atoms with Gasteiger partial charge in [0.15, 0.2) is 16.6 Å². The van der Waals surface area contributed by atoms with Crippen molar-refractivity contribution in [1.82, 2.24) is 4.98 Å². The van der Waals surface area contributed by atoms with E-state index in [0.29, 0.717) is 40.2 Å². The van der Waals surface area contributed by atoms with Crippen LogP contribution < -0.4 is 14.8 Å². The van der Waals surface area contributed by atoms with Crippen LogP contribution in [0.1, 0.15) is 35.8 Å². The highest BCUT2D eigenvalue weighted by molar-refractivity contribution is 7.15. The number of nitrogens with one attached hydrogen (secondary N) is 1. The first kappa shape index (κ1) is 24.3. The number of carbonyl (C=O) groups is 1. The van der Waals surface area contributed by atoms with Crippen molar-refractivity contribution in [1.29, 1.82) is 5.26 Å². The molecule has 0 saturated carbocycles. The van der Waals surface area contributed by atoms with E-state index in [1.54, 1.807) is 31.5 Å². The van der Waals surface area contributed by atoms with Gasteiger partial charge in [0.25, 0.3) is 5.91 Å². The van der Waals surface area contributed by atoms with Gasteiger partial charge in [-0.15, -0.1) is 11.3 Å². The van der Waals surface area contributed by atoms with E-state index in [2.05, 4.69) is 17.2 Å². The molecule has 0 radical (unpaired) electrons. The van der Waals surface area contributed by atoms with Gasteiger partial charge in [0, 0.05) is 22.5 Å². The molecule has 1 N–H and O–H groups in total. The van der Waals surface area contributed by atoms with Crippen molar-refractivity contribution in [2.45, 2.75) is 26.2 Å². The van der Waals surface area contributed by atoms with E-state index in [-0.39, 0.29) is 5.57 Å². The fourth-order valence-corrected chi connectivity index (χ4v) is 3.92. The van der Waals surface area contributed by atoms with Crippen LogP contribution >= 0.6 is 22.9 Å². The zero-order valence-corrected chi connectivity index (χ0v) is 20.0. The summed E-state index contributed by atoms with van der Waals surface area (Å²) in [7, 11) is 1.55. The molecule has 0 unspecified atom stereocenters. The minimum Gasteiger partial charge on any atom is -0.493 e. The number of nitrogens with zero attached hydrogens (tertiary/aromatic N) is 2. The molecule has 0 saturated heterocycles. The Kier molecular flexibility index (Phi) is 8.87. The van der Waals surface area contributed by atoms with Crippen molar-refractivity contribution in [3.05, 3.63) is 75.3 Å². The maximum atomic E-state index is 12.6. The minimum atomic E-state index is -0.521. The number of benzene rings is 2. The smallest absolute Gasteiger partial charge is 0.268 e. The molecule has 0 aliphatic heterocycles. The number of methoxy groups -OCH3 is 1. The van der Waals surface area contributed by atoms with Gasteiger partial charge in [-0.2, -0.15) is 5.26 Å². The van der Waals surface area contributed by atoms with E-state index in [1.807, 2.05) is 30.3 Å². The Bertz CT molecular complexity index is 1170. The molecule has 1 aromatic heterocycles. The van der Waals surface area contributed by atoms with Crippen LogP contribution in [0.2, 0.25) is 5.02 Å². The van der Waals surface area contributed by atoms with Crippen LogP contribution in [0.25, 0.3) is 6.08 Å². The molecule has 1 heterocycles. The lowest BCUT2D eigenvalue weighted by Gasteiger charge is -2.11. The van der Waals surface area contributed by atoms with E-state index >= 15 is 0 Å². The van der Waals surface area contributed by atoms with Gasteiger partial charge in [-0.25, -0.2) is 4.98 Å². The van der Waals surface area contributed by atoms with Gasteiger partial charge in [0.2, 0.25) is 0 Å². The first-order valence-electron chi connectivity index (χ1n) is 10.5. The van der Waals surface area contributed by atoms with Crippen LogP contribution in [-0.2, 0) is 11.2 Å². The summed E-state index contributed by atoms with van der Waals surface area (Å²) in [6.45, 7) is 2.69. The number of hydrogen-bond donors (Lipinski definition) is 1. The first-order valence-corrected chi connectivity index (χ1v) is 11.6. The van der Waals surface area contributed by atoms with Gasteiger partial charge in [-0.3, -0.25) is 10.1 Å². The number of ether oxygens (including phenoxy) is 2. The number of rotatable bonds is 10. The molecule has 0 fully saturated rings. The number of amides is 1. The summed E-state index contributed by atoms with van der Waals surface area (Å²) in [5.74, 6) is 0.651. The van der Waals surface area contributed by atoms with Crippen molar-refractivity contribution in [3.8, 4) is 17.6 Å². The Balaban J connectivity index is 1.68. The Morgan fingerprint density at radius 3 is 2.73 bits per heavy atom. The zero-order valence-electron chi connectivity index (χ0n) is 18.4. The molecule has 0 aliphatic rings. The van der Waals surface area contributed by atoms with E-state index in [4.69, 9.17) is 21.1 Å². The van der Waals surface area contributed by atoms with E-state index in [9.17, 15) is 10.1 Å². The first-order chi connectivity index (χ1) is 16.0. The Morgan fingerprint density at radius 1 is 1.24 bits per heavy atom. The lowest BCUT2D eigenvalue weighted by Crippen LogP contribution is -2.13. The maximum Gasteiger partial charge on any atom is 0.268 e. The molecule has 8 heteroatoms. The van der Waals surface area contributed by atoms with Gasteiger partial charge in [-0.05, 0) is 47.9 Å². The number of nitriles is 1. The van der Waals surface area contributed by atoms with Crippen molar-refractivity contribution in [2.75, 3.05) is 19.0 Å². The molecule has 2 aromatic carbocycles. The van der Waals surface area contributed by atoms with Crippen molar-refractivity contribution in [3.63, 3.8) is 0 Å². The van der Waals surface area contributed by atoms with E-state index < -0.39 is 5.91 Å². The second kappa shape index (κ2) is 12.0. The summed E-state index contributed by atoms with van der Waals surface area (Å²) < 4.78 is 11.1. The summed E-state index contributed by atoms with van der Waals surface area (Å²) in [5.41, 5.74) is 1.71. The SMILES string of the molecule is CCCCOc1ccc(C=C(C#N)C(=O)Nc2ncc(Cc3ccc(Cl)cc3)s2)cc1OC. The summed E-state index contributed by atoms with van der Waals surface area (Å²) in [6, 6.07) is 14.8. The standard InChI is InChI=1S/C25H24ClN3O3S/c1-3-4-11-32-22-10-7-18(14-23(22)31-2)12-19(15-27)24(30)29-25-28-16-21(33-25)13-17-5-8-20(26)9-6-17/h5-10,12,14,16H,3-4,11,13H2,1-2H3,(H,28,29,30). The number of carbonyl (C=O) groups excluding carboxylic acids is 1. The highest BCUT2D eigenvalue weighted by Gasteiger charge is 2.13. The van der Waals surface area contributed by atoms with Crippen LogP contribution in [0.4, 0.5) is 5.13 Å². The molecule has 0 bridgehead atoms. The van der Waals surface area contributed by atoms with Gasteiger partial charge >= 0.3 is 0 Å². The topological polar surface area (TPSA) is 84.2 Å². The number of aromatic nitrogens is 1. The lowest BCUT2D eigenvalue weighted by atomic mass is 10.1. The normalized spacial score (nSPS) is 11.0. The summed E-state index contributed by atoms with van der Waals surface area (Å²) in [6.07, 6.45) is 5.88. The van der Waals surface area contributed by atoms with Crippen molar-refractivity contribution < 1.29 is 14.3 Å². The average Bonchev–Trinajstić information content (AvgIpc) is 3.26. The zero-order chi connectivity index (χ0) is 23.6. The van der Waals surface area contributed by atoms with Crippen LogP contribution in [0.3, 0.4) is 0 Å². The molecule has 3 rings (SSSR count). The van der Waals surface area contributed by atoms with Crippen LogP contribution in [0.15, 0.2) is 54.2 Å². The fourth-order valence-electron chi connectivity index (χ4n) is 2.95. The number of thiazole rings is 1. The van der Waals surface area contributed by atoms with Crippen LogP contribution in [0, 0.1) is 11.3 Å². The molecule has 33 heavy (non-hydrogen) atoms. The fraction of sp³-hybridized carbons (Fsp3) is 0.240. The molecule has 6 nitrogen and oxygen atoms in total. The number of anilines is 1. The average molecular weight is 482 g/mol. The summed E-state index contributed by atoms with van der Waals surface area (Å²) >= 11 is 7.29. The summed E-state index contributed by atoms with van der Waals surface area (Å²) in [5, 5.41) is 13.3. The molecular weight excluding hydrogens is 458 g/mol. The molecule has 0 spiro atoms. The Morgan fingerprint density at radius 2 is 2.03 bits per heavy atom. The van der Waals surface area contributed by atoms with Gasteiger partial charge < -0.3 is 9.47 Å². The lowest BCUT2D eigenvalue weighted by molar-refractivity contribution is -0.112. The molecule has 0 atom stereocenters. The largest absolute Gasteiger partial charge is 0.493 e. The highest BCUT2D eigenvalue weighted by Crippen LogP contribution is 2.29. The third kappa shape index (κ3) is 7.07. The second-order valence-electron chi connectivity index (χ2n) is 7.17. The Labute approximate surface area is 202 Å². The van der Waals surface area contributed by atoms with E-state index in [0.717, 1.165) is 23.3 Å². The predicted molar refractivity (Wildman–Crippen MR) is 132 cm³/mol. The Hall–Kier alpha value is -3.34. The molecule has 1 amide bonds. The van der Waals surface area contributed by atoms with Gasteiger partial charge in [0.1, 0.15) is 11.6 Å². The second-order valence-corrected chi connectivity index (χ2v) is 8.72. The third-order valence-corrected chi connectivity index (χ3v) is 5.85. The molecule has 3 aromatic rings. The van der Waals surface area contributed by atoms with Crippen LogP contribution in [0.5, 0.6) is 11.5 Å². The number of unbranched alkanes of at least 4 members (excludes halogenated alkanes) is 1. The molecular formula is C25H24ClN3O3S. The monoisotopic (exact) mass is 481 g/mol.